The third kappa shape index (κ3) is 1.44. The van der Waals surface area contributed by atoms with Crippen molar-refractivity contribution in [3.63, 3.8) is 0 Å². The molecule has 1 N–H and O–H groups in total. The van der Waals surface area contributed by atoms with E-state index in [1.807, 2.05) is 4.90 Å². The highest BCUT2D eigenvalue weighted by Crippen LogP contribution is 2.25. The average molecular weight is 178 g/mol. The highest BCUT2D eigenvalue weighted by Gasteiger charge is 2.33. The standard InChI is InChI=1S/C9H10N2O2/c10-4-8(9-2-1-3-13-9)11-5-7(12)6-11/h1-3,7-8,12H,5-6H2/t8-/m0/s1. The van der Waals surface area contributed by atoms with Crippen LogP contribution in [0.2, 0.25) is 0 Å². The number of nitriles is 1. The molecule has 4 nitrogen and oxygen atoms in total. The highest BCUT2D eigenvalue weighted by atomic mass is 16.3. The number of furan rings is 1. The van der Waals surface area contributed by atoms with E-state index in [0.29, 0.717) is 18.8 Å². The van der Waals surface area contributed by atoms with E-state index in [1.165, 1.54) is 0 Å². The normalized spacial score (nSPS) is 20.6. The number of aliphatic hydroxyl groups excluding tert-OH is 1. The molecule has 0 unspecified atom stereocenters. The fraction of sp³-hybridized carbons (Fsp3) is 0.444. The number of β-amino-alcohol motifs (C(OH)–C–C–N with tert-alkyl or cyclic N) is 1. The predicted molar refractivity (Wildman–Crippen MR) is 44.6 cm³/mol. The molecule has 1 saturated heterocycles. The van der Waals surface area contributed by atoms with Gasteiger partial charge in [0.15, 0.2) is 6.04 Å². The summed E-state index contributed by atoms with van der Waals surface area (Å²) in [6.45, 7) is 1.11. The first-order valence-electron chi connectivity index (χ1n) is 4.16. The zero-order chi connectivity index (χ0) is 9.26. The summed E-state index contributed by atoms with van der Waals surface area (Å²) < 4.78 is 5.13. The van der Waals surface area contributed by atoms with Crippen LogP contribution in [0.3, 0.4) is 0 Å². The van der Waals surface area contributed by atoms with Crippen LogP contribution in [0.5, 0.6) is 0 Å². The van der Waals surface area contributed by atoms with Gasteiger partial charge < -0.3 is 9.52 Å². The molecule has 68 valence electrons. The minimum atomic E-state index is -0.349. The third-order valence-electron chi connectivity index (χ3n) is 2.19. The van der Waals surface area contributed by atoms with E-state index < -0.39 is 0 Å². The Morgan fingerprint density at radius 3 is 2.92 bits per heavy atom. The lowest BCUT2D eigenvalue weighted by Gasteiger charge is -2.37. The van der Waals surface area contributed by atoms with Gasteiger partial charge in [0.05, 0.1) is 18.4 Å². The van der Waals surface area contributed by atoms with Crippen molar-refractivity contribution in [2.45, 2.75) is 12.1 Å². The second-order valence-electron chi connectivity index (χ2n) is 3.15. The van der Waals surface area contributed by atoms with Crippen molar-refractivity contribution < 1.29 is 9.52 Å². The second-order valence-corrected chi connectivity index (χ2v) is 3.15. The van der Waals surface area contributed by atoms with Crippen molar-refractivity contribution in [1.82, 2.24) is 4.90 Å². The van der Waals surface area contributed by atoms with Crippen LogP contribution in [0.25, 0.3) is 0 Å². The first-order valence-corrected chi connectivity index (χ1v) is 4.16. The zero-order valence-corrected chi connectivity index (χ0v) is 7.05. The minimum absolute atomic E-state index is 0.286. The van der Waals surface area contributed by atoms with E-state index >= 15 is 0 Å². The Morgan fingerprint density at radius 2 is 2.46 bits per heavy atom. The molecule has 1 aromatic rings. The van der Waals surface area contributed by atoms with Gasteiger partial charge in [-0.1, -0.05) is 0 Å². The summed E-state index contributed by atoms with van der Waals surface area (Å²) in [5.74, 6) is 0.648. The van der Waals surface area contributed by atoms with Crippen molar-refractivity contribution >= 4 is 0 Å². The van der Waals surface area contributed by atoms with Gasteiger partial charge in [-0.2, -0.15) is 5.26 Å². The molecule has 1 atom stereocenters. The Bertz CT molecular complexity index is 309. The van der Waals surface area contributed by atoms with Crippen molar-refractivity contribution in [2.24, 2.45) is 0 Å². The maximum absolute atomic E-state index is 9.08. The molecule has 0 bridgehead atoms. The molecule has 0 radical (unpaired) electrons. The summed E-state index contributed by atoms with van der Waals surface area (Å²) in [5.41, 5.74) is 0. The Morgan fingerprint density at radius 1 is 1.69 bits per heavy atom. The SMILES string of the molecule is N#C[C@@H](c1ccco1)N1CC(O)C1. The average Bonchev–Trinajstić information content (AvgIpc) is 2.55. The Hall–Kier alpha value is -1.31. The molecule has 2 heterocycles. The number of hydrogen-bond acceptors (Lipinski definition) is 4. The van der Waals surface area contributed by atoms with Crippen LogP contribution in [-0.4, -0.2) is 29.2 Å². The first-order chi connectivity index (χ1) is 6.31. The van der Waals surface area contributed by atoms with Crippen LogP contribution in [-0.2, 0) is 0 Å². The molecule has 1 fully saturated rings. The Balaban J connectivity index is 2.08. The lowest BCUT2D eigenvalue weighted by Crippen LogP contribution is -2.51. The van der Waals surface area contributed by atoms with Crippen LogP contribution in [0, 0.1) is 11.3 Å². The van der Waals surface area contributed by atoms with Crippen LogP contribution < -0.4 is 0 Å². The number of nitrogens with zero attached hydrogens (tertiary/aromatic N) is 2. The lowest BCUT2D eigenvalue weighted by molar-refractivity contribution is -0.0167. The molecule has 1 aromatic heterocycles. The van der Waals surface area contributed by atoms with Gasteiger partial charge in [-0.25, -0.2) is 0 Å². The molecule has 1 aliphatic heterocycles. The minimum Gasteiger partial charge on any atom is -0.467 e. The fourth-order valence-electron chi connectivity index (χ4n) is 1.47. The quantitative estimate of drug-likeness (QED) is 0.717. The summed E-state index contributed by atoms with van der Waals surface area (Å²) in [7, 11) is 0. The molecule has 0 aliphatic carbocycles. The fourth-order valence-corrected chi connectivity index (χ4v) is 1.47. The Labute approximate surface area is 76.0 Å². The van der Waals surface area contributed by atoms with Crippen molar-refractivity contribution in [2.75, 3.05) is 13.1 Å². The number of aliphatic hydroxyl groups is 1. The maximum Gasteiger partial charge on any atom is 0.157 e. The lowest BCUT2D eigenvalue weighted by atomic mass is 10.1. The molecule has 0 spiro atoms. The first kappa shape index (κ1) is 8.30. The number of hydrogen-bond donors (Lipinski definition) is 1. The molecule has 13 heavy (non-hydrogen) atoms. The van der Waals surface area contributed by atoms with E-state index in [1.54, 1.807) is 18.4 Å². The smallest absolute Gasteiger partial charge is 0.157 e. The van der Waals surface area contributed by atoms with E-state index in [0.717, 1.165) is 0 Å². The number of likely N-dealkylation sites (tertiary alicyclic amines) is 1. The monoisotopic (exact) mass is 178 g/mol. The summed E-state index contributed by atoms with van der Waals surface area (Å²) >= 11 is 0. The maximum atomic E-state index is 9.08. The van der Waals surface area contributed by atoms with Gasteiger partial charge >= 0.3 is 0 Å². The predicted octanol–water partition coefficient (Wildman–Crippen LogP) is 0.521. The van der Waals surface area contributed by atoms with Gasteiger partial charge in [0, 0.05) is 13.1 Å². The van der Waals surface area contributed by atoms with Gasteiger partial charge in [-0.05, 0) is 12.1 Å². The van der Waals surface area contributed by atoms with Crippen molar-refractivity contribution in [1.29, 1.82) is 5.26 Å². The summed E-state index contributed by atoms with van der Waals surface area (Å²) in [4.78, 5) is 1.88. The summed E-state index contributed by atoms with van der Waals surface area (Å²) in [5, 5.41) is 18.0. The van der Waals surface area contributed by atoms with Gasteiger partial charge in [-0.3, -0.25) is 4.90 Å². The summed E-state index contributed by atoms with van der Waals surface area (Å²) in [6, 6.07) is 5.34. The highest BCUT2D eigenvalue weighted by molar-refractivity contribution is 5.14. The molecule has 4 heteroatoms. The van der Waals surface area contributed by atoms with E-state index in [-0.39, 0.29) is 12.1 Å². The third-order valence-corrected chi connectivity index (χ3v) is 2.19. The van der Waals surface area contributed by atoms with E-state index in [2.05, 4.69) is 6.07 Å². The molecular weight excluding hydrogens is 168 g/mol. The molecule has 0 amide bonds. The van der Waals surface area contributed by atoms with E-state index in [4.69, 9.17) is 14.8 Å². The van der Waals surface area contributed by atoms with Crippen LogP contribution in [0.1, 0.15) is 11.8 Å². The van der Waals surface area contributed by atoms with E-state index in [9.17, 15) is 0 Å². The van der Waals surface area contributed by atoms with Gasteiger partial charge in [0.2, 0.25) is 0 Å². The van der Waals surface area contributed by atoms with Crippen LogP contribution in [0.15, 0.2) is 22.8 Å². The van der Waals surface area contributed by atoms with Gasteiger partial charge in [0.1, 0.15) is 5.76 Å². The van der Waals surface area contributed by atoms with Crippen LogP contribution in [0.4, 0.5) is 0 Å². The van der Waals surface area contributed by atoms with Gasteiger partial charge in [-0.15, -0.1) is 0 Å². The van der Waals surface area contributed by atoms with Crippen molar-refractivity contribution in [3.05, 3.63) is 24.2 Å². The number of rotatable bonds is 2. The zero-order valence-electron chi connectivity index (χ0n) is 7.05. The Kier molecular flexibility index (Phi) is 2.05. The molecular formula is C9H10N2O2. The largest absolute Gasteiger partial charge is 0.467 e. The van der Waals surface area contributed by atoms with Crippen LogP contribution >= 0.6 is 0 Å². The molecule has 0 saturated carbocycles. The molecule has 1 aliphatic rings. The summed E-state index contributed by atoms with van der Waals surface area (Å²) in [6.07, 6.45) is 1.27. The second kappa shape index (κ2) is 3.21. The van der Waals surface area contributed by atoms with Gasteiger partial charge in [0.25, 0.3) is 0 Å². The molecule has 0 aromatic carbocycles. The van der Waals surface area contributed by atoms with Crippen molar-refractivity contribution in [3.8, 4) is 6.07 Å². The molecule has 2 rings (SSSR count). The topological polar surface area (TPSA) is 60.4 Å².